The van der Waals surface area contributed by atoms with E-state index >= 15 is 0 Å². The molecule has 0 bridgehead atoms. The minimum Gasteiger partial charge on any atom is -0.392 e. The molecule has 1 rings (SSSR count). The third kappa shape index (κ3) is 4.52. The molecule has 3 heteroatoms. The van der Waals surface area contributed by atoms with E-state index < -0.39 is 0 Å². The Morgan fingerprint density at radius 2 is 1.94 bits per heavy atom. The zero-order chi connectivity index (χ0) is 12.0. The van der Waals surface area contributed by atoms with Gasteiger partial charge >= 0.3 is 0 Å². The van der Waals surface area contributed by atoms with Crippen molar-refractivity contribution in [2.24, 2.45) is 0 Å². The normalized spacial score (nSPS) is 14.8. The predicted octanol–water partition coefficient (Wildman–Crippen LogP) is 3.15. The zero-order valence-corrected chi connectivity index (χ0v) is 10.7. The maximum atomic E-state index is 9.28. The summed E-state index contributed by atoms with van der Waals surface area (Å²) < 4.78 is 0. The molecule has 0 aliphatic heterocycles. The summed E-state index contributed by atoms with van der Waals surface area (Å²) in [6.07, 6.45) is 1.86. The molecular weight excluding hydrogens is 222 g/mol. The fourth-order valence-corrected chi connectivity index (χ4v) is 1.81. The Morgan fingerprint density at radius 3 is 2.44 bits per heavy atom. The molecule has 0 aliphatic carbocycles. The highest BCUT2D eigenvalue weighted by Crippen LogP contribution is 2.20. The molecule has 0 saturated carbocycles. The smallest absolute Gasteiger partial charge is 0.0636 e. The standard InChI is InChI=1S/C13H20ClNO/c1-3-4-13(15-9-10(2)16)11-5-7-12(14)8-6-11/h5-8,10,13,15-16H,3-4,9H2,1-2H3. The second kappa shape index (κ2) is 6.89. The average Bonchev–Trinajstić information content (AvgIpc) is 2.25. The molecule has 0 amide bonds. The number of benzene rings is 1. The Labute approximate surface area is 103 Å². The Hall–Kier alpha value is -0.570. The van der Waals surface area contributed by atoms with Crippen LogP contribution in [0.2, 0.25) is 5.02 Å². The van der Waals surface area contributed by atoms with Crippen molar-refractivity contribution in [3.05, 3.63) is 34.9 Å². The molecule has 0 spiro atoms. The zero-order valence-electron chi connectivity index (χ0n) is 9.91. The summed E-state index contributed by atoms with van der Waals surface area (Å²) in [4.78, 5) is 0. The maximum absolute atomic E-state index is 9.28. The van der Waals surface area contributed by atoms with Gasteiger partial charge in [-0.15, -0.1) is 0 Å². The first kappa shape index (κ1) is 13.5. The van der Waals surface area contributed by atoms with Crippen molar-refractivity contribution in [2.75, 3.05) is 6.54 Å². The average molecular weight is 242 g/mol. The second-order valence-corrected chi connectivity index (χ2v) is 4.59. The Balaban J connectivity index is 2.64. The SMILES string of the molecule is CCCC(NCC(C)O)c1ccc(Cl)cc1. The Bertz CT molecular complexity index is 297. The first-order chi connectivity index (χ1) is 7.63. The van der Waals surface area contributed by atoms with Gasteiger partial charge in [0.15, 0.2) is 0 Å². The summed E-state index contributed by atoms with van der Waals surface area (Å²) in [5.74, 6) is 0. The van der Waals surface area contributed by atoms with Crippen molar-refractivity contribution >= 4 is 11.6 Å². The van der Waals surface area contributed by atoms with Crippen LogP contribution in [0.5, 0.6) is 0 Å². The highest BCUT2D eigenvalue weighted by molar-refractivity contribution is 6.30. The highest BCUT2D eigenvalue weighted by atomic mass is 35.5. The van der Waals surface area contributed by atoms with Gasteiger partial charge in [-0.25, -0.2) is 0 Å². The van der Waals surface area contributed by atoms with Crippen molar-refractivity contribution in [3.63, 3.8) is 0 Å². The molecule has 2 nitrogen and oxygen atoms in total. The first-order valence-electron chi connectivity index (χ1n) is 5.80. The molecule has 0 fully saturated rings. The van der Waals surface area contributed by atoms with E-state index in [1.165, 1.54) is 5.56 Å². The van der Waals surface area contributed by atoms with Gasteiger partial charge in [-0.2, -0.15) is 0 Å². The van der Waals surface area contributed by atoms with E-state index in [1.54, 1.807) is 6.92 Å². The molecule has 0 heterocycles. The van der Waals surface area contributed by atoms with Crippen molar-refractivity contribution < 1.29 is 5.11 Å². The lowest BCUT2D eigenvalue weighted by Crippen LogP contribution is -2.28. The second-order valence-electron chi connectivity index (χ2n) is 4.15. The first-order valence-corrected chi connectivity index (χ1v) is 6.18. The fourth-order valence-electron chi connectivity index (χ4n) is 1.68. The summed E-state index contributed by atoms with van der Waals surface area (Å²) in [5, 5.41) is 13.4. The molecular formula is C13H20ClNO. The molecule has 1 aromatic rings. The van der Waals surface area contributed by atoms with E-state index in [9.17, 15) is 5.11 Å². The molecule has 1 aromatic carbocycles. The van der Waals surface area contributed by atoms with E-state index in [4.69, 9.17) is 11.6 Å². The largest absolute Gasteiger partial charge is 0.392 e. The summed E-state index contributed by atoms with van der Waals surface area (Å²) in [7, 11) is 0. The predicted molar refractivity (Wildman–Crippen MR) is 68.8 cm³/mol. The van der Waals surface area contributed by atoms with Crippen LogP contribution in [0.4, 0.5) is 0 Å². The van der Waals surface area contributed by atoms with E-state index in [1.807, 2.05) is 24.3 Å². The lowest BCUT2D eigenvalue weighted by molar-refractivity contribution is 0.185. The van der Waals surface area contributed by atoms with Gasteiger partial charge in [0.2, 0.25) is 0 Å². The van der Waals surface area contributed by atoms with E-state index in [-0.39, 0.29) is 6.10 Å². The van der Waals surface area contributed by atoms with E-state index in [0.29, 0.717) is 12.6 Å². The summed E-state index contributed by atoms with van der Waals surface area (Å²) in [5.41, 5.74) is 1.23. The minimum atomic E-state index is -0.313. The molecule has 2 atom stereocenters. The topological polar surface area (TPSA) is 32.3 Å². The molecule has 0 aromatic heterocycles. The van der Waals surface area contributed by atoms with Gasteiger partial charge in [0.25, 0.3) is 0 Å². The number of hydrogen-bond donors (Lipinski definition) is 2. The van der Waals surface area contributed by atoms with Gasteiger partial charge < -0.3 is 10.4 Å². The van der Waals surface area contributed by atoms with Gasteiger partial charge in [0.1, 0.15) is 0 Å². The van der Waals surface area contributed by atoms with Crippen molar-refractivity contribution in [1.29, 1.82) is 0 Å². The number of halogens is 1. The van der Waals surface area contributed by atoms with Crippen molar-refractivity contribution in [1.82, 2.24) is 5.32 Å². The summed E-state index contributed by atoms with van der Waals surface area (Å²) >= 11 is 5.86. The quantitative estimate of drug-likeness (QED) is 0.802. The van der Waals surface area contributed by atoms with Crippen LogP contribution >= 0.6 is 11.6 Å². The van der Waals surface area contributed by atoms with Crippen molar-refractivity contribution in [3.8, 4) is 0 Å². The van der Waals surface area contributed by atoms with Crippen LogP contribution in [0.3, 0.4) is 0 Å². The van der Waals surface area contributed by atoms with Gasteiger partial charge in [-0.1, -0.05) is 37.1 Å². The third-order valence-corrected chi connectivity index (χ3v) is 2.76. The molecule has 16 heavy (non-hydrogen) atoms. The summed E-state index contributed by atoms with van der Waals surface area (Å²) in [6, 6.07) is 8.19. The van der Waals surface area contributed by atoms with Gasteiger partial charge in [0.05, 0.1) is 6.10 Å². The monoisotopic (exact) mass is 241 g/mol. The Kier molecular flexibility index (Phi) is 5.81. The number of aliphatic hydroxyl groups is 1. The molecule has 90 valence electrons. The van der Waals surface area contributed by atoms with Crippen LogP contribution in [0.25, 0.3) is 0 Å². The molecule has 0 aliphatic rings. The number of rotatable bonds is 6. The lowest BCUT2D eigenvalue weighted by Gasteiger charge is -2.19. The van der Waals surface area contributed by atoms with Crippen LogP contribution < -0.4 is 5.32 Å². The van der Waals surface area contributed by atoms with Gasteiger partial charge in [-0.3, -0.25) is 0 Å². The molecule has 2 unspecified atom stereocenters. The minimum absolute atomic E-state index is 0.303. The Morgan fingerprint density at radius 1 is 1.31 bits per heavy atom. The van der Waals surface area contributed by atoms with Crippen LogP contribution in [0.15, 0.2) is 24.3 Å². The number of aliphatic hydroxyl groups excluding tert-OH is 1. The lowest BCUT2D eigenvalue weighted by atomic mass is 10.0. The van der Waals surface area contributed by atoms with E-state index in [0.717, 1.165) is 17.9 Å². The summed E-state index contributed by atoms with van der Waals surface area (Å²) in [6.45, 7) is 4.57. The van der Waals surface area contributed by atoms with Crippen LogP contribution in [-0.4, -0.2) is 17.8 Å². The van der Waals surface area contributed by atoms with Crippen LogP contribution in [0.1, 0.15) is 38.3 Å². The van der Waals surface area contributed by atoms with Crippen LogP contribution in [0, 0.1) is 0 Å². The van der Waals surface area contributed by atoms with Gasteiger partial charge in [-0.05, 0) is 31.0 Å². The van der Waals surface area contributed by atoms with Crippen LogP contribution in [-0.2, 0) is 0 Å². The fraction of sp³-hybridized carbons (Fsp3) is 0.538. The highest BCUT2D eigenvalue weighted by Gasteiger charge is 2.10. The van der Waals surface area contributed by atoms with E-state index in [2.05, 4.69) is 12.2 Å². The molecule has 0 radical (unpaired) electrons. The maximum Gasteiger partial charge on any atom is 0.0636 e. The molecule has 2 N–H and O–H groups in total. The third-order valence-electron chi connectivity index (χ3n) is 2.51. The van der Waals surface area contributed by atoms with Gasteiger partial charge in [0, 0.05) is 17.6 Å². The number of hydrogen-bond acceptors (Lipinski definition) is 2. The number of nitrogens with one attached hydrogen (secondary N) is 1. The molecule has 0 saturated heterocycles. The van der Waals surface area contributed by atoms with Crippen molar-refractivity contribution in [2.45, 2.75) is 38.8 Å².